The molecule has 21 heavy (non-hydrogen) atoms. The van der Waals surface area contributed by atoms with Crippen LogP contribution in [-0.2, 0) is 0 Å². The highest BCUT2D eigenvalue weighted by Gasteiger charge is 2.23. The van der Waals surface area contributed by atoms with Crippen molar-refractivity contribution in [2.75, 3.05) is 10.6 Å². The van der Waals surface area contributed by atoms with Gasteiger partial charge in [0.2, 0.25) is 0 Å². The number of amides is 2. The van der Waals surface area contributed by atoms with Gasteiger partial charge in [-0.25, -0.2) is 9.78 Å². The summed E-state index contributed by atoms with van der Waals surface area (Å²) in [5, 5.41) is 8.83. The first-order valence-electron chi connectivity index (χ1n) is 6.76. The van der Waals surface area contributed by atoms with Gasteiger partial charge in [0, 0.05) is 10.5 Å². The zero-order valence-corrected chi connectivity index (χ0v) is 12.9. The van der Waals surface area contributed by atoms with Gasteiger partial charge in [-0.3, -0.25) is 5.32 Å². The molecule has 1 heterocycles. The Hall–Kier alpha value is -2.08. The highest BCUT2D eigenvalue weighted by Crippen LogP contribution is 2.25. The molecule has 0 bridgehead atoms. The van der Waals surface area contributed by atoms with Crippen LogP contribution in [0.15, 0.2) is 47.1 Å². The van der Waals surface area contributed by atoms with Crippen LogP contribution >= 0.6 is 15.9 Å². The van der Waals surface area contributed by atoms with Gasteiger partial charge in [0.1, 0.15) is 5.82 Å². The van der Waals surface area contributed by atoms with Crippen molar-refractivity contribution in [1.82, 2.24) is 10.3 Å². The summed E-state index contributed by atoms with van der Waals surface area (Å²) in [6, 6.07) is 11.6. The molecular weight excluding hydrogens is 332 g/mol. The van der Waals surface area contributed by atoms with E-state index in [1.165, 1.54) is 0 Å². The third-order valence-corrected chi connectivity index (χ3v) is 3.76. The molecule has 5 nitrogen and oxygen atoms in total. The van der Waals surface area contributed by atoms with Crippen molar-refractivity contribution >= 4 is 39.2 Å². The lowest BCUT2D eigenvalue weighted by Crippen LogP contribution is -2.30. The second-order valence-electron chi connectivity index (χ2n) is 4.91. The number of hydrogen-bond donors (Lipinski definition) is 3. The Morgan fingerprint density at radius 1 is 1.19 bits per heavy atom. The molecule has 0 unspecified atom stereocenters. The van der Waals surface area contributed by atoms with Gasteiger partial charge in [-0.15, -0.1) is 0 Å². The maximum absolute atomic E-state index is 11.6. The molecule has 1 aliphatic carbocycles. The van der Waals surface area contributed by atoms with Crippen LogP contribution in [0.5, 0.6) is 0 Å². The predicted octanol–water partition coefficient (Wildman–Crippen LogP) is 3.87. The Labute approximate surface area is 131 Å². The van der Waals surface area contributed by atoms with Crippen LogP contribution in [0.1, 0.15) is 12.8 Å². The number of para-hydroxylation sites is 1. The molecule has 0 atom stereocenters. The number of pyridine rings is 1. The molecule has 1 aromatic heterocycles. The molecule has 0 aliphatic heterocycles. The molecule has 0 spiro atoms. The molecular formula is C15H15BrN4O. The number of carbonyl (C=O) groups excluding carboxylic acids is 1. The standard InChI is InChI=1S/C15H15BrN4O/c16-12-3-1-2-4-13(12)18-11-7-8-14(17-9-11)20-15(21)19-10-5-6-10/h1-4,7-10,18H,5-6H2,(H2,17,19,20,21). The summed E-state index contributed by atoms with van der Waals surface area (Å²) in [5.41, 5.74) is 1.82. The van der Waals surface area contributed by atoms with E-state index >= 15 is 0 Å². The summed E-state index contributed by atoms with van der Waals surface area (Å²) in [5.74, 6) is 0.533. The third kappa shape index (κ3) is 3.95. The molecule has 1 aliphatic rings. The Kier molecular flexibility index (Phi) is 4.06. The molecule has 0 radical (unpaired) electrons. The van der Waals surface area contributed by atoms with Crippen molar-refractivity contribution < 1.29 is 4.79 Å². The number of anilines is 3. The Morgan fingerprint density at radius 2 is 2.00 bits per heavy atom. The van der Waals surface area contributed by atoms with E-state index in [4.69, 9.17) is 0 Å². The van der Waals surface area contributed by atoms with E-state index in [9.17, 15) is 4.79 Å². The number of urea groups is 1. The number of aromatic nitrogens is 1. The number of halogens is 1. The first-order chi connectivity index (χ1) is 10.2. The lowest BCUT2D eigenvalue weighted by Gasteiger charge is -2.09. The van der Waals surface area contributed by atoms with Crippen LogP contribution in [0.3, 0.4) is 0 Å². The fraction of sp³-hybridized carbons (Fsp3) is 0.200. The van der Waals surface area contributed by atoms with E-state index in [1.54, 1.807) is 12.3 Å². The molecule has 2 aromatic rings. The van der Waals surface area contributed by atoms with Crippen molar-refractivity contribution in [3.63, 3.8) is 0 Å². The van der Waals surface area contributed by atoms with E-state index in [2.05, 4.69) is 36.9 Å². The highest BCUT2D eigenvalue weighted by molar-refractivity contribution is 9.10. The van der Waals surface area contributed by atoms with Crippen molar-refractivity contribution in [3.05, 3.63) is 47.1 Å². The number of hydrogen-bond acceptors (Lipinski definition) is 3. The maximum atomic E-state index is 11.6. The Bertz CT molecular complexity index is 640. The normalized spacial score (nSPS) is 13.6. The summed E-state index contributed by atoms with van der Waals surface area (Å²) < 4.78 is 0.982. The van der Waals surface area contributed by atoms with Crippen molar-refractivity contribution in [1.29, 1.82) is 0 Å². The van der Waals surface area contributed by atoms with E-state index in [0.29, 0.717) is 11.9 Å². The zero-order chi connectivity index (χ0) is 14.7. The quantitative estimate of drug-likeness (QED) is 0.787. The molecule has 1 aromatic carbocycles. The van der Waals surface area contributed by atoms with Crippen molar-refractivity contribution in [2.45, 2.75) is 18.9 Å². The van der Waals surface area contributed by atoms with Gasteiger partial charge in [0.15, 0.2) is 0 Å². The average molecular weight is 347 g/mol. The van der Waals surface area contributed by atoms with Crippen molar-refractivity contribution in [2.24, 2.45) is 0 Å². The lowest BCUT2D eigenvalue weighted by atomic mass is 10.3. The molecule has 3 N–H and O–H groups in total. The van der Waals surface area contributed by atoms with Crippen LogP contribution in [0.25, 0.3) is 0 Å². The number of rotatable bonds is 4. The van der Waals surface area contributed by atoms with Crippen LogP contribution in [-0.4, -0.2) is 17.1 Å². The Morgan fingerprint density at radius 3 is 2.67 bits per heavy atom. The van der Waals surface area contributed by atoms with Crippen LogP contribution in [0.2, 0.25) is 0 Å². The molecule has 1 fully saturated rings. The smallest absolute Gasteiger partial charge is 0.320 e. The van der Waals surface area contributed by atoms with Crippen LogP contribution in [0, 0.1) is 0 Å². The fourth-order valence-corrected chi connectivity index (χ4v) is 2.21. The van der Waals surface area contributed by atoms with Gasteiger partial charge in [0.25, 0.3) is 0 Å². The minimum atomic E-state index is -0.198. The molecule has 2 amide bonds. The number of carbonyl (C=O) groups is 1. The van der Waals surface area contributed by atoms with Gasteiger partial charge in [-0.2, -0.15) is 0 Å². The van der Waals surface area contributed by atoms with E-state index < -0.39 is 0 Å². The third-order valence-electron chi connectivity index (χ3n) is 3.07. The summed E-state index contributed by atoms with van der Waals surface area (Å²) in [7, 11) is 0. The summed E-state index contributed by atoms with van der Waals surface area (Å²) in [6.07, 6.45) is 3.82. The van der Waals surface area contributed by atoms with Gasteiger partial charge in [-0.1, -0.05) is 12.1 Å². The van der Waals surface area contributed by atoms with Crippen molar-refractivity contribution in [3.8, 4) is 0 Å². The predicted molar refractivity (Wildman–Crippen MR) is 86.8 cm³/mol. The summed E-state index contributed by atoms with van der Waals surface area (Å²) in [4.78, 5) is 15.8. The second-order valence-corrected chi connectivity index (χ2v) is 5.76. The van der Waals surface area contributed by atoms with E-state index in [-0.39, 0.29) is 6.03 Å². The molecule has 3 rings (SSSR count). The lowest BCUT2D eigenvalue weighted by molar-refractivity contribution is 0.251. The molecule has 0 saturated heterocycles. The maximum Gasteiger partial charge on any atom is 0.320 e. The van der Waals surface area contributed by atoms with Gasteiger partial charge >= 0.3 is 6.03 Å². The average Bonchev–Trinajstić information content (AvgIpc) is 3.27. The van der Waals surface area contributed by atoms with Gasteiger partial charge in [0.05, 0.1) is 17.6 Å². The van der Waals surface area contributed by atoms with Crippen LogP contribution in [0.4, 0.5) is 22.0 Å². The fourth-order valence-electron chi connectivity index (χ4n) is 1.83. The second kappa shape index (κ2) is 6.13. The number of nitrogens with zero attached hydrogens (tertiary/aromatic N) is 1. The molecule has 1 saturated carbocycles. The summed E-state index contributed by atoms with van der Waals surface area (Å²) in [6.45, 7) is 0. The van der Waals surface area contributed by atoms with Gasteiger partial charge in [-0.05, 0) is 53.0 Å². The minimum Gasteiger partial charge on any atom is -0.353 e. The SMILES string of the molecule is O=C(Nc1ccc(Nc2ccccc2Br)cn1)NC1CC1. The van der Waals surface area contributed by atoms with Gasteiger partial charge < -0.3 is 10.6 Å². The highest BCUT2D eigenvalue weighted by atomic mass is 79.9. The van der Waals surface area contributed by atoms with Crippen LogP contribution < -0.4 is 16.0 Å². The van der Waals surface area contributed by atoms with E-state index in [0.717, 1.165) is 28.7 Å². The molecule has 108 valence electrons. The Balaban J connectivity index is 1.61. The zero-order valence-electron chi connectivity index (χ0n) is 11.3. The van der Waals surface area contributed by atoms with E-state index in [1.807, 2.05) is 30.3 Å². The minimum absolute atomic E-state index is 0.198. The monoisotopic (exact) mass is 346 g/mol. The largest absolute Gasteiger partial charge is 0.353 e. The number of benzene rings is 1. The topological polar surface area (TPSA) is 66.0 Å². The first-order valence-corrected chi connectivity index (χ1v) is 7.55. The molecule has 6 heteroatoms. The first kappa shape index (κ1) is 13.9. The number of nitrogens with one attached hydrogen (secondary N) is 3. The summed E-state index contributed by atoms with van der Waals surface area (Å²) >= 11 is 3.48.